The van der Waals surface area contributed by atoms with Crippen LogP contribution in [0.1, 0.15) is 52.9 Å². The molecule has 0 aromatic carbocycles. The van der Waals surface area contributed by atoms with Gasteiger partial charge in [0.1, 0.15) is 0 Å². The zero-order valence-corrected chi connectivity index (χ0v) is 10.1. The van der Waals surface area contributed by atoms with Gasteiger partial charge in [0.2, 0.25) is 0 Å². The lowest BCUT2D eigenvalue weighted by Gasteiger charge is -2.23. The molecule has 0 aromatic rings. The van der Waals surface area contributed by atoms with Crippen molar-refractivity contribution < 1.29 is 0 Å². The molecule has 0 fully saturated rings. The molecule has 0 unspecified atom stereocenters. The Balaban J connectivity index is 3.44. The molecule has 0 radical (unpaired) electrons. The Kier molecular flexibility index (Phi) is 10.9. The highest BCUT2D eigenvalue weighted by molar-refractivity contribution is 4.47. The minimum absolute atomic E-state index is 1.08. The first-order chi connectivity index (χ1) is 6.85. The smallest absolute Gasteiger partial charge is 0.0285 e. The van der Waals surface area contributed by atoms with E-state index in [0.29, 0.717) is 0 Å². The van der Waals surface area contributed by atoms with Crippen LogP contribution in [0.5, 0.6) is 0 Å². The maximum Gasteiger partial charge on any atom is 0.0285 e. The second-order valence-electron chi connectivity index (χ2n) is 3.67. The van der Waals surface area contributed by atoms with Crippen LogP contribution in [0.3, 0.4) is 0 Å². The van der Waals surface area contributed by atoms with E-state index in [9.17, 15) is 0 Å². The molecule has 0 aliphatic rings. The third kappa shape index (κ3) is 8.48. The molecule has 0 aromatic heterocycles. The summed E-state index contributed by atoms with van der Waals surface area (Å²) in [6.45, 7) is 9.88. The molecule has 0 amide bonds. The first kappa shape index (κ1) is 13.9. The van der Waals surface area contributed by atoms with Gasteiger partial charge in [-0.05, 0) is 19.3 Å². The van der Waals surface area contributed by atoms with Gasteiger partial charge < -0.3 is 0 Å². The van der Waals surface area contributed by atoms with Crippen LogP contribution in [0, 0.1) is 0 Å². The second-order valence-corrected chi connectivity index (χ2v) is 3.67. The highest BCUT2D eigenvalue weighted by atomic mass is 15.7. The lowest BCUT2D eigenvalue weighted by atomic mass is 10.3. The van der Waals surface area contributed by atoms with Crippen LogP contribution in [0.4, 0.5) is 0 Å². The predicted molar refractivity (Wildman–Crippen MR) is 62.8 cm³/mol. The maximum absolute atomic E-state index is 3.40. The number of rotatable bonds is 10. The van der Waals surface area contributed by atoms with E-state index < -0.39 is 0 Å². The number of nitrogens with zero attached hydrogens (tertiary/aromatic N) is 1. The minimum Gasteiger partial charge on any atom is -0.242 e. The third-order valence-electron chi connectivity index (χ3n) is 2.11. The van der Waals surface area contributed by atoms with E-state index in [-0.39, 0.29) is 0 Å². The number of hydrazine groups is 2. The molecule has 86 valence electrons. The van der Waals surface area contributed by atoms with E-state index in [2.05, 4.69) is 36.7 Å². The van der Waals surface area contributed by atoms with E-state index in [0.717, 1.165) is 19.6 Å². The van der Waals surface area contributed by atoms with E-state index in [1.165, 1.54) is 32.1 Å². The van der Waals surface area contributed by atoms with Crippen molar-refractivity contribution >= 4 is 0 Å². The summed E-state index contributed by atoms with van der Waals surface area (Å²) in [4.78, 5) is 0. The minimum atomic E-state index is 1.08. The molecule has 0 saturated carbocycles. The topological polar surface area (TPSA) is 27.3 Å². The Bertz CT molecular complexity index is 96.7. The Labute approximate surface area is 89.2 Å². The average Bonchev–Trinajstić information content (AvgIpc) is 2.18. The van der Waals surface area contributed by atoms with Gasteiger partial charge in [0.25, 0.3) is 0 Å². The molecule has 0 aliphatic carbocycles. The molecule has 3 nitrogen and oxygen atoms in total. The summed E-state index contributed by atoms with van der Waals surface area (Å²) in [5, 5.41) is 2.14. The predicted octanol–water partition coefficient (Wildman–Crippen LogP) is 2.31. The van der Waals surface area contributed by atoms with Gasteiger partial charge in [0.05, 0.1) is 0 Å². The van der Waals surface area contributed by atoms with Gasteiger partial charge in [0.15, 0.2) is 0 Å². The fourth-order valence-corrected chi connectivity index (χ4v) is 1.22. The average molecular weight is 201 g/mol. The van der Waals surface area contributed by atoms with Crippen LogP contribution < -0.4 is 10.9 Å². The van der Waals surface area contributed by atoms with Gasteiger partial charge in [-0.25, -0.2) is 10.9 Å². The molecule has 2 N–H and O–H groups in total. The molecule has 0 saturated heterocycles. The summed E-state index contributed by atoms with van der Waals surface area (Å²) in [5.41, 5.74) is 6.81. The van der Waals surface area contributed by atoms with E-state index >= 15 is 0 Å². The van der Waals surface area contributed by atoms with E-state index in [4.69, 9.17) is 0 Å². The van der Waals surface area contributed by atoms with Crippen LogP contribution in [0.2, 0.25) is 0 Å². The molecular weight excluding hydrogens is 174 g/mol. The summed E-state index contributed by atoms with van der Waals surface area (Å²) < 4.78 is 0. The van der Waals surface area contributed by atoms with Crippen LogP contribution in [0.15, 0.2) is 0 Å². The van der Waals surface area contributed by atoms with Crippen molar-refractivity contribution in [2.24, 2.45) is 0 Å². The monoisotopic (exact) mass is 201 g/mol. The zero-order chi connectivity index (χ0) is 10.6. The Hall–Kier alpha value is -0.120. The quantitative estimate of drug-likeness (QED) is 0.419. The lowest BCUT2D eigenvalue weighted by Crippen LogP contribution is -2.49. The highest BCUT2D eigenvalue weighted by Crippen LogP contribution is 1.88. The Morgan fingerprint density at radius 3 is 1.64 bits per heavy atom. The van der Waals surface area contributed by atoms with E-state index in [1.807, 2.05) is 0 Å². The van der Waals surface area contributed by atoms with Crippen molar-refractivity contribution in [1.82, 2.24) is 16.0 Å². The van der Waals surface area contributed by atoms with Crippen molar-refractivity contribution in [2.45, 2.75) is 52.9 Å². The number of unbranched alkanes of at least 4 members (excludes halogenated alkanes) is 2. The fraction of sp³-hybridized carbons (Fsp3) is 1.00. The Morgan fingerprint density at radius 1 is 0.786 bits per heavy atom. The summed E-state index contributed by atoms with van der Waals surface area (Å²) >= 11 is 0. The molecule has 0 aliphatic heterocycles. The van der Waals surface area contributed by atoms with Gasteiger partial charge in [0, 0.05) is 19.6 Å². The summed E-state index contributed by atoms with van der Waals surface area (Å²) in [7, 11) is 0. The van der Waals surface area contributed by atoms with Crippen molar-refractivity contribution in [1.29, 1.82) is 0 Å². The molecular formula is C11H27N3. The zero-order valence-electron chi connectivity index (χ0n) is 10.1. The van der Waals surface area contributed by atoms with Crippen LogP contribution in [0.25, 0.3) is 0 Å². The summed E-state index contributed by atoms with van der Waals surface area (Å²) in [6.07, 6.45) is 6.17. The molecule has 3 heteroatoms. The molecule has 0 spiro atoms. The summed E-state index contributed by atoms with van der Waals surface area (Å²) in [5.74, 6) is 0. The van der Waals surface area contributed by atoms with Crippen LogP contribution >= 0.6 is 0 Å². The van der Waals surface area contributed by atoms with Crippen molar-refractivity contribution in [2.75, 3.05) is 19.6 Å². The molecule has 0 atom stereocenters. The number of nitrogens with one attached hydrogen (secondary N) is 2. The van der Waals surface area contributed by atoms with Crippen molar-refractivity contribution in [3.63, 3.8) is 0 Å². The number of hydrogen-bond donors (Lipinski definition) is 2. The van der Waals surface area contributed by atoms with Gasteiger partial charge in [-0.2, -0.15) is 5.12 Å². The molecule has 0 rings (SSSR count). The largest absolute Gasteiger partial charge is 0.242 e. The Morgan fingerprint density at radius 2 is 1.29 bits per heavy atom. The van der Waals surface area contributed by atoms with Crippen LogP contribution in [-0.2, 0) is 0 Å². The highest BCUT2D eigenvalue weighted by Gasteiger charge is 1.99. The normalized spacial score (nSPS) is 11.1. The SMILES string of the molecule is CCCCNN(CCC)NCCCC. The van der Waals surface area contributed by atoms with Crippen LogP contribution in [-0.4, -0.2) is 24.8 Å². The first-order valence-corrected chi connectivity index (χ1v) is 6.09. The first-order valence-electron chi connectivity index (χ1n) is 6.09. The van der Waals surface area contributed by atoms with Gasteiger partial charge in [-0.3, -0.25) is 0 Å². The second kappa shape index (κ2) is 11.0. The molecule has 0 bridgehead atoms. The van der Waals surface area contributed by atoms with Crippen molar-refractivity contribution in [3.8, 4) is 0 Å². The number of hydrogen-bond acceptors (Lipinski definition) is 3. The van der Waals surface area contributed by atoms with E-state index in [1.54, 1.807) is 0 Å². The molecule has 14 heavy (non-hydrogen) atoms. The lowest BCUT2D eigenvalue weighted by molar-refractivity contribution is 0.112. The van der Waals surface area contributed by atoms with Crippen molar-refractivity contribution in [3.05, 3.63) is 0 Å². The molecule has 0 heterocycles. The maximum atomic E-state index is 3.40. The van der Waals surface area contributed by atoms with Gasteiger partial charge in [-0.15, -0.1) is 0 Å². The fourth-order valence-electron chi connectivity index (χ4n) is 1.22. The standard InChI is InChI=1S/C11H27N3/c1-4-7-9-12-14(11-6-3)13-10-8-5-2/h12-13H,4-11H2,1-3H3. The van der Waals surface area contributed by atoms with Gasteiger partial charge in [-0.1, -0.05) is 33.6 Å². The van der Waals surface area contributed by atoms with Gasteiger partial charge >= 0.3 is 0 Å². The third-order valence-corrected chi connectivity index (χ3v) is 2.11. The summed E-state index contributed by atoms with van der Waals surface area (Å²) in [6, 6.07) is 0.